The zero-order valence-corrected chi connectivity index (χ0v) is 14.1. The van der Waals surface area contributed by atoms with Gasteiger partial charge in [-0.05, 0) is 25.0 Å². The Morgan fingerprint density at radius 2 is 2.00 bits per heavy atom. The van der Waals surface area contributed by atoms with E-state index in [1.807, 2.05) is 9.80 Å². The summed E-state index contributed by atoms with van der Waals surface area (Å²) in [6, 6.07) is 2.09. The number of carbonyl (C=O) groups excluding carboxylic acids is 1. The van der Waals surface area contributed by atoms with Crippen LogP contribution in [0.25, 0.3) is 0 Å². The van der Waals surface area contributed by atoms with Gasteiger partial charge in [0.25, 0.3) is 0 Å². The van der Waals surface area contributed by atoms with Gasteiger partial charge >= 0.3 is 0 Å². The third-order valence-corrected chi connectivity index (χ3v) is 4.19. The van der Waals surface area contributed by atoms with E-state index in [0.29, 0.717) is 31.3 Å². The Kier molecular flexibility index (Phi) is 5.57. The maximum Gasteiger partial charge on any atom is 0.239 e. The molecular formula is C17H24F2N2O2. The van der Waals surface area contributed by atoms with E-state index < -0.39 is 11.6 Å². The number of hydrogen-bond donors (Lipinski definition) is 0. The van der Waals surface area contributed by atoms with Crippen LogP contribution < -0.4 is 4.74 Å². The lowest BCUT2D eigenvalue weighted by Crippen LogP contribution is -2.56. The molecule has 1 atom stereocenters. The molecule has 2 rings (SSSR count). The van der Waals surface area contributed by atoms with Crippen molar-refractivity contribution in [2.45, 2.75) is 33.4 Å². The number of hydrogen-bond acceptors (Lipinski definition) is 3. The summed E-state index contributed by atoms with van der Waals surface area (Å²) in [5.41, 5.74) is 0.157. The zero-order chi connectivity index (χ0) is 17.1. The van der Waals surface area contributed by atoms with E-state index in [0.717, 1.165) is 6.07 Å². The third kappa shape index (κ3) is 3.80. The van der Waals surface area contributed by atoms with Gasteiger partial charge in [0.2, 0.25) is 5.91 Å². The summed E-state index contributed by atoms with van der Waals surface area (Å²) in [4.78, 5) is 16.2. The summed E-state index contributed by atoms with van der Waals surface area (Å²) < 4.78 is 32.7. The van der Waals surface area contributed by atoms with Crippen LogP contribution in [0.15, 0.2) is 12.1 Å². The van der Waals surface area contributed by atoms with Gasteiger partial charge in [-0.25, -0.2) is 8.78 Å². The molecular weight excluding hydrogens is 302 g/mol. The highest BCUT2D eigenvalue weighted by Gasteiger charge is 2.32. The fraction of sp³-hybridized carbons (Fsp3) is 0.588. The molecule has 4 nitrogen and oxygen atoms in total. The van der Waals surface area contributed by atoms with E-state index in [4.69, 9.17) is 4.74 Å². The maximum atomic E-state index is 14.1. The molecule has 1 unspecified atom stereocenters. The molecule has 0 spiro atoms. The van der Waals surface area contributed by atoms with Crippen molar-refractivity contribution in [3.05, 3.63) is 29.3 Å². The van der Waals surface area contributed by atoms with Crippen molar-refractivity contribution in [3.63, 3.8) is 0 Å². The molecule has 6 heteroatoms. The molecule has 0 aromatic heterocycles. The van der Waals surface area contributed by atoms with Crippen LogP contribution in [-0.4, -0.2) is 48.5 Å². The Hall–Kier alpha value is -1.69. The number of methoxy groups -OCH3 is 1. The van der Waals surface area contributed by atoms with Crippen molar-refractivity contribution >= 4 is 5.91 Å². The predicted molar refractivity (Wildman–Crippen MR) is 84.2 cm³/mol. The summed E-state index contributed by atoms with van der Waals surface area (Å²) >= 11 is 0. The van der Waals surface area contributed by atoms with E-state index in [1.165, 1.54) is 13.2 Å². The lowest BCUT2D eigenvalue weighted by Gasteiger charge is -2.40. The number of ether oxygens (including phenoxy) is 1. The Balaban J connectivity index is 2.16. The first kappa shape index (κ1) is 17.7. The van der Waals surface area contributed by atoms with Crippen molar-refractivity contribution in [3.8, 4) is 5.75 Å². The Bertz CT molecular complexity index is 578. The molecule has 0 saturated carbocycles. The molecule has 1 aliphatic heterocycles. The first-order valence-electron chi connectivity index (χ1n) is 7.88. The number of amides is 1. The number of carbonyl (C=O) groups is 1. The van der Waals surface area contributed by atoms with E-state index in [2.05, 4.69) is 13.8 Å². The van der Waals surface area contributed by atoms with E-state index in [-0.39, 0.29) is 24.1 Å². The van der Waals surface area contributed by atoms with Crippen LogP contribution in [-0.2, 0) is 11.3 Å². The molecule has 1 fully saturated rings. The van der Waals surface area contributed by atoms with Gasteiger partial charge in [0.15, 0.2) is 11.6 Å². The summed E-state index contributed by atoms with van der Waals surface area (Å²) in [5, 5.41) is 0. The molecule has 1 aromatic rings. The monoisotopic (exact) mass is 326 g/mol. The van der Waals surface area contributed by atoms with Crippen LogP contribution in [0.4, 0.5) is 8.78 Å². The number of rotatable bonds is 5. The minimum absolute atomic E-state index is 0.0285. The van der Waals surface area contributed by atoms with Gasteiger partial charge in [0.05, 0.1) is 13.2 Å². The van der Waals surface area contributed by atoms with Crippen molar-refractivity contribution in [2.75, 3.05) is 26.7 Å². The fourth-order valence-corrected chi connectivity index (χ4v) is 2.93. The van der Waals surface area contributed by atoms with Crippen molar-refractivity contribution < 1.29 is 18.3 Å². The number of halogens is 2. The molecule has 0 radical (unpaired) electrons. The number of nitrogens with zero attached hydrogens (tertiary/aromatic N) is 2. The average Bonchev–Trinajstić information content (AvgIpc) is 2.51. The minimum Gasteiger partial charge on any atom is -0.496 e. The molecule has 0 aliphatic carbocycles. The highest BCUT2D eigenvalue weighted by Crippen LogP contribution is 2.27. The van der Waals surface area contributed by atoms with Gasteiger partial charge in [-0.1, -0.05) is 13.8 Å². The Labute approximate surface area is 136 Å². The van der Waals surface area contributed by atoms with Crippen molar-refractivity contribution in [1.82, 2.24) is 9.80 Å². The van der Waals surface area contributed by atoms with Gasteiger partial charge in [-0.2, -0.15) is 0 Å². The second kappa shape index (κ2) is 7.25. The van der Waals surface area contributed by atoms with E-state index in [1.54, 1.807) is 6.92 Å². The molecule has 1 aliphatic rings. The molecule has 0 N–H and O–H groups in total. The highest BCUT2D eigenvalue weighted by molar-refractivity contribution is 5.82. The topological polar surface area (TPSA) is 32.8 Å². The van der Waals surface area contributed by atoms with Gasteiger partial charge in [-0.3, -0.25) is 9.69 Å². The zero-order valence-electron chi connectivity index (χ0n) is 14.1. The van der Waals surface area contributed by atoms with E-state index in [9.17, 15) is 13.6 Å². The summed E-state index contributed by atoms with van der Waals surface area (Å²) in [6.45, 7) is 8.02. The molecule has 1 saturated heterocycles. The maximum absolute atomic E-state index is 14.1. The van der Waals surface area contributed by atoms with Gasteiger partial charge in [0, 0.05) is 31.7 Å². The van der Waals surface area contributed by atoms with Gasteiger partial charge in [0.1, 0.15) is 5.75 Å². The predicted octanol–water partition coefficient (Wildman–Crippen LogP) is 2.66. The lowest BCUT2D eigenvalue weighted by molar-refractivity contribution is -0.142. The number of piperazine rings is 1. The minimum atomic E-state index is -0.909. The first-order valence-corrected chi connectivity index (χ1v) is 7.88. The van der Waals surface area contributed by atoms with Crippen LogP contribution in [0.1, 0.15) is 26.3 Å². The summed E-state index contributed by atoms with van der Waals surface area (Å²) in [5.74, 6) is -1.08. The van der Waals surface area contributed by atoms with E-state index >= 15 is 0 Å². The Morgan fingerprint density at radius 1 is 1.30 bits per heavy atom. The van der Waals surface area contributed by atoms with Crippen LogP contribution in [0.2, 0.25) is 0 Å². The van der Waals surface area contributed by atoms with Crippen molar-refractivity contribution in [2.24, 2.45) is 5.92 Å². The number of benzene rings is 1. The summed E-state index contributed by atoms with van der Waals surface area (Å²) in [7, 11) is 1.42. The highest BCUT2D eigenvalue weighted by atomic mass is 19.2. The average molecular weight is 326 g/mol. The van der Waals surface area contributed by atoms with Gasteiger partial charge in [-0.15, -0.1) is 0 Å². The van der Waals surface area contributed by atoms with Crippen LogP contribution in [0, 0.1) is 17.6 Å². The second-order valence-electron chi connectivity index (χ2n) is 6.37. The first-order chi connectivity index (χ1) is 10.8. The van der Waals surface area contributed by atoms with Crippen LogP contribution in [0.5, 0.6) is 5.75 Å². The smallest absolute Gasteiger partial charge is 0.239 e. The SMILES string of the molecule is COc1ccc(F)c(F)c1CN1CCN(CC(C)C)C(=O)C1C. The summed E-state index contributed by atoms with van der Waals surface area (Å²) in [6.07, 6.45) is 0. The molecule has 1 aromatic carbocycles. The molecule has 128 valence electrons. The largest absolute Gasteiger partial charge is 0.496 e. The third-order valence-electron chi connectivity index (χ3n) is 4.19. The molecule has 0 bridgehead atoms. The second-order valence-corrected chi connectivity index (χ2v) is 6.37. The Morgan fingerprint density at radius 3 is 2.61 bits per heavy atom. The quantitative estimate of drug-likeness (QED) is 0.834. The molecule has 23 heavy (non-hydrogen) atoms. The standard InChI is InChI=1S/C17H24F2N2O2/c1-11(2)9-21-8-7-20(12(3)17(21)22)10-13-15(23-4)6-5-14(18)16(13)19/h5-6,11-12H,7-10H2,1-4H3. The van der Waals surface area contributed by atoms with Crippen LogP contribution >= 0.6 is 0 Å². The normalized spacial score (nSPS) is 19.5. The molecule has 1 amide bonds. The molecule has 1 heterocycles. The fourth-order valence-electron chi connectivity index (χ4n) is 2.93. The van der Waals surface area contributed by atoms with Crippen molar-refractivity contribution in [1.29, 1.82) is 0 Å². The van der Waals surface area contributed by atoms with Gasteiger partial charge < -0.3 is 9.64 Å². The lowest BCUT2D eigenvalue weighted by atomic mass is 10.1. The van der Waals surface area contributed by atoms with Crippen LogP contribution in [0.3, 0.4) is 0 Å².